The first kappa shape index (κ1) is 13.0. The maximum absolute atomic E-state index is 11.7. The third kappa shape index (κ3) is 3.48. The molecule has 0 saturated heterocycles. The molecule has 1 rings (SSSR count). The van der Waals surface area contributed by atoms with Crippen LogP contribution in [0.5, 0.6) is 0 Å². The van der Waals surface area contributed by atoms with Crippen LogP contribution < -0.4 is 10.9 Å². The van der Waals surface area contributed by atoms with Gasteiger partial charge in [-0.1, -0.05) is 0 Å². The second kappa shape index (κ2) is 5.84. The van der Waals surface area contributed by atoms with Gasteiger partial charge in [0.05, 0.1) is 0 Å². The van der Waals surface area contributed by atoms with Gasteiger partial charge in [-0.05, 0) is 35.8 Å². The number of carbonyl (C=O) groups excluding carboxylic acids is 1. The maximum atomic E-state index is 11.7. The monoisotopic (exact) mass is 286 g/mol. The molecule has 1 N–H and O–H groups in total. The van der Waals surface area contributed by atoms with Crippen LogP contribution in [-0.2, 0) is 11.3 Å². The average molecular weight is 287 g/mol. The molecule has 0 radical (unpaired) electrons. The van der Waals surface area contributed by atoms with Crippen molar-refractivity contribution in [1.29, 1.82) is 0 Å². The molecule has 88 valence electrons. The van der Waals surface area contributed by atoms with Gasteiger partial charge in [0.1, 0.15) is 0 Å². The third-order valence-corrected chi connectivity index (χ3v) is 2.62. The molecule has 0 atom stereocenters. The minimum absolute atomic E-state index is 0.0352. The third-order valence-electron chi connectivity index (χ3n) is 2.19. The Labute approximate surface area is 103 Å². The van der Waals surface area contributed by atoms with Gasteiger partial charge in [0, 0.05) is 35.7 Å². The SMILES string of the molecule is CCNC(=O)CCn1cc(Br)cc(C)c1=O. The van der Waals surface area contributed by atoms with E-state index >= 15 is 0 Å². The quantitative estimate of drug-likeness (QED) is 0.911. The van der Waals surface area contributed by atoms with Gasteiger partial charge in [-0.3, -0.25) is 9.59 Å². The number of aryl methyl sites for hydroxylation is 2. The summed E-state index contributed by atoms with van der Waals surface area (Å²) in [7, 11) is 0. The molecule has 0 saturated carbocycles. The first-order valence-electron chi connectivity index (χ1n) is 5.18. The minimum Gasteiger partial charge on any atom is -0.356 e. The molecule has 16 heavy (non-hydrogen) atoms. The van der Waals surface area contributed by atoms with Gasteiger partial charge >= 0.3 is 0 Å². The van der Waals surface area contributed by atoms with Crippen LogP contribution in [0.3, 0.4) is 0 Å². The summed E-state index contributed by atoms with van der Waals surface area (Å²) >= 11 is 3.32. The molecule has 4 nitrogen and oxygen atoms in total. The number of hydrogen-bond donors (Lipinski definition) is 1. The second-order valence-corrected chi connectivity index (χ2v) is 4.46. The fourth-order valence-corrected chi connectivity index (χ4v) is 2.00. The number of hydrogen-bond acceptors (Lipinski definition) is 2. The molecule has 1 amide bonds. The van der Waals surface area contributed by atoms with Crippen molar-refractivity contribution >= 4 is 21.8 Å². The van der Waals surface area contributed by atoms with Crippen LogP contribution in [0.2, 0.25) is 0 Å². The molecule has 1 heterocycles. The van der Waals surface area contributed by atoms with Gasteiger partial charge in [-0.15, -0.1) is 0 Å². The molecular weight excluding hydrogens is 272 g/mol. The average Bonchev–Trinajstić information content (AvgIpc) is 2.21. The number of aromatic nitrogens is 1. The van der Waals surface area contributed by atoms with Crippen molar-refractivity contribution in [2.45, 2.75) is 26.8 Å². The summed E-state index contributed by atoms with van der Waals surface area (Å²) in [6.07, 6.45) is 2.03. The van der Waals surface area contributed by atoms with E-state index in [4.69, 9.17) is 0 Å². The Hall–Kier alpha value is -1.10. The smallest absolute Gasteiger partial charge is 0.253 e. The van der Waals surface area contributed by atoms with Gasteiger partial charge in [-0.25, -0.2) is 0 Å². The fraction of sp³-hybridized carbons (Fsp3) is 0.455. The zero-order chi connectivity index (χ0) is 12.1. The van der Waals surface area contributed by atoms with Gasteiger partial charge in [0.25, 0.3) is 5.56 Å². The summed E-state index contributed by atoms with van der Waals surface area (Å²) in [5.74, 6) is -0.0352. The standard InChI is InChI=1S/C11H15BrN2O2/c1-3-13-10(15)4-5-14-7-9(12)6-8(2)11(14)16/h6-7H,3-5H2,1-2H3,(H,13,15). The van der Waals surface area contributed by atoms with E-state index in [-0.39, 0.29) is 11.5 Å². The number of amides is 1. The Balaban J connectivity index is 2.74. The Bertz CT molecular complexity index is 440. The van der Waals surface area contributed by atoms with E-state index in [0.717, 1.165) is 4.47 Å². The highest BCUT2D eigenvalue weighted by atomic mass is 79.9. The van der Waals surface area contributed by atoms with Crippen molar-refractivity contribution in [3.05, 3.63) is 32.7 Å². The van der Waals surface area contributed by atoms with Crippen LogP contribution in [0.1, 0.15) is 18.9 Å². The van der Waals surface area contributed by atoms with E-state index in [1.165, 1.54) is 0 Å². The predicted molar refractivity (Wildman–Crippen MR) is 66.4 cm³/mol. The van der Waals surface area contributed by atoms with E-state index in [9.17, 15) is 9.59 Å². The van der Waals surface area contributed by atoms with Crippen LogP contribution >= 0.6 is 15.9 Å². The van der Waals surface area contributed by atoms with E-state index in [0.29, 0.717) is 25.1 Å². The normalized spacial score (nSPS) is 10.2. The molecular formula is C11H15BrN2O2. The molecule has 1 aromatic rings. The lowest BCUT2D eigenvalue weighted by Gasteiger charge is -2.07. The summed E-state index contributed by atoms with van der Waals surface area (Å²) in [6, 6.07) is 1.77. The molecule has 0 unspecified atom stereocenters. The van der Waals surface area contributed by atoms with Crippen molar-refractivity contribution < 1.29 is 4.79 Å². The predicted octanol–water partition coefficient (Wildman–Crippen LogP) is 1.45. The lowest BCUT2D eigenvalue weighted by atomic mass is 10.3. The molecule has 0 aliphatic rings. The summed E-state index contributed by atoms with van der Waals surface area (Å²) in [6.45, 7) is 4.65. The molecule has 1 aromatic heterocycles. The zero-order valence-corrected chi connectivity index (χ0v) is 11.0. The van der Waals surface area contributed by atoms with Crippen LogP contribution in [-0.4, -0.2) is 17.0 Å². The Morgan fingerprint density at radius 1 is 1.56 bits per heavy atom. The second-order valence-electron chi connectivity index (χ2n) is 3.54. The van der Waals surface area contributed by atoms with Crippen molar-refractivity contribution in [2.75, 3.05) is 6.54 Å². The van der Waals surface area contributed by atoms with Crippen LogP contribution in [0.15, 0.2) is 21.5 Å². The number of pyridine rings is 1. The van der Waals surface area contributed by atoms with Crippen molar-refractivity contribution in [2.24, 2.45) is 0 Å². The van der Waals surface area contributed by atoms with Crippen molar-refractivity contribution in [3.8, 4) is 0 Å². The van der Waals surface area contributed by atoms with Crippen LogP contribution in [0.25, 0.3) is 0 Å². The highest BCUT2D eigenvalue weighted by Crippen LogP contribution is 2.08. The van der Waals surface area contributed by atoms with E-state index < -0.39 is 0 Å². The summed E-state index contributed by atoms with van der Waals surface area (Å²) in [4.78, 5) is 23.0. The van der Waals surface area contributed by atoms with E-state index in [1.54, 1.807) is 23.8 Å². The molecule has 5 heteroatoms. The lowest BCUT2D eigenvalue weighted by Crippen LogP contribution is -2.27. The van der Waals surface area contributed by atoms with Gasteiger partial charge in [0.15, 0.2) is 0 Å². The number of rotatable bonds is 4. The Morgan fingerprint density at radius 2 is 2.25 bits per heavy atom. The highest BCUT2D eigenvalue weighted by molar-refractivity contribution is 9.10. The molecule has 0 fully saturated rings. The largest absolute Gasteiger partial charge is 0.356 e. The van der Waals surface area contributed by atoms with Gasteiger partial charge < -0.3 is 9.88 Å². The molecule has 0 bridgehead atoms. The van der Waals surface area contributed by atoms with Crippen molar-refractivity contribution in [1.82, 2.24) is 9.88 Å². The summed E-state index contributed by atoms with van der Waals surface area (Å²) < 4.78 is 2.40. The topological polar surface area (TPSA) is 51.1 Å². The van der Waals surface area contributed by atoms with Gasteiger partial charge in [-0.2, -0.15) is 0 Å². The number of nitrogens with zero attached hydrogens (tertiary/aromatic N) is 1. The molecule has 0 aliphatic heterocycles. The number of halogens is 1. The van der Waals surface area contributed by atoms with E-state index in [1.807, 2.05) is 6.92 Å². The highest BCUT2D eigenvalue weighted by Gasteiger charge is 2.04. The van der Waals surface area contributed by atoms with Crippen LogP contribution in [0, 0.1) is 6.92 Å². The fourth-order valence-electron chi connectivity index (χ4n) is 1.41. The van der Waals surface area contributed by atoms with Crippen LogP contribution in [0.4, 0.5) is 0 Å². The minimum atomic E-state index is -0.0486. The first-order chi connectivity index (χ1) is 7.54. The lowest BCUT2D eigenvalue weighted by molar-refractivity contribution is -0.121. The summed E-state index contributed by atoms with van der Waals surface area (Å²) in [5.41, 5.74) is 0.623. The number of nitrogens with one attached hydrogen (secondary N) is 1. The summed E-state index contributed by atoms with van der Waals surface area (Å²) in [5, 5.41) is 2.70. The van der Waals surface area contributed by atoms with E-state index in [2.05, 4.69) is 21.2 Å². The maximum Gasteiger partial charge on any atom is 0.253 e. The van der Waals surface area contributed by atoms with Gasteiger partial charge in [0.2, 0.25) is 5.91 Å². The molecule has 0 spiro atoms. The Morgan fingerprint density at radius 3 is 2.88 bits per heavy atom. The van der Waals surface area contributed by atoms with Crippen molar-refractivity contribution in [3.63, 3.8) is 0 Å². The zero-order valence-electron chi connectivity index (χ0n) is 9.42. The first-order valence-corrected chi connectivity index (χ1v) is 5.97. The molecule has 0 aromatic carbocycles. The Kier molecular flexibility index (Phi) is 4.73. The number of carbonyl (C=O) groups is 1. The molecule has 0 aliphatic carbocycles.